The van der Waals surface area contributed by atoms with Crippen molar-refractivity contribution >= 4 is 11.8 Å². The molecular formula is C13H19NO2S. The van der Waals surface area contributed by atoms with Crippen molar-refractivity contribution in [2.24, 2.45) is 0 Å². The maximum Gasteiger partial charge on any atom is 0.218 e. The van der Waals surface area contributed by atoms with Gasteiger partial charge in [0.05, 0.1) is 6.10 Å². The van der Waals surface area contributed by atoms with E-state index in [2.05, 4.69) is 4.98 Å². The van der Waals surface area contributed by atoms with Crippen LogP contribution in [0.2, 0.25) is 0 Å². The fraction of sp³-hybridized carbons (Fsp3) is 0.615. The Morgan fingerprint density at radius 2 is 2.00 bits per heavy atom. The molecule has 17 heavy (non-hydrogen) atoms. The number of pyridine rings is 1. The van der Waals surface area contributed by atoms with Crippen LogP contribution in [0.25, 0.3) is 0 Å². The van der Waals surface area contributed by atoms with Crippen LogP contribution in [0.1, 0.15) is 33.6 Å². The van der Waals surface area contributed by atoms with Crippen molar-refractivity contribution < 1.29 is 9.47 Å². The Balaban J connectivity index is 2.18. The van der Waals surface area contributed by atoms with Gasteiger partial charge in [-0.15, -0.1) is 11.8 Å². The minimum atomic E-state index is -0.235. The standard InChI is InChI=1S/C13H19NO2S/c1-13(2,3)16-11-7-10(15-9-5-6-9)8-12(14-11)17-4/h7-9H,5-6H2,1-4H3. The molecule has 4 heteroatoms. The highest BCUT2D eigenvalue weighted by Crippen LogP contribution is 2.31. The first-order chi connectivity index (χ1) is 7.96. The third-order valence-corrected chi connectivity index (χ3v) is 2.83. The molecular weight excluding hydrogens is 234 g/mol. The van der Waals surface area contributed by atoms with Gasteiger partial charge in [0.2, 0.25) is 5.88 Å². The number of thioether (sulfide) groups is 1. The Kier molecular flexibility index (Phi) is 3.52. The van der Waals surface area contributed by atoms with Crippen molar-refractivity contribution in [2.75, 3.05) is 6.26 Å². The summed E-state index contributed by atoms with van der Waals surface area (Å²) in [6.45, 7) is 6.05. The topological polar surface area (TPSA) is 31.4 Å². The van der Waals surface area contributed by atoms with Gasteiger partial charge in [-0.25, -0.2) is 4.98 Å². The molecule has 1 fully saturated rings. The summed E-state index contributed by atoms with van der Waals surface area (Å²) in [5.74, 6) is 1.51. The lowest BCUT2D eigenvalue weighted by molar-refractivity contribution is 0.122. The molecule has 0 aromatic carbocycles. The number of hydrogen-bond acceptors (Lipinski definition) is 4. The van der Waals surface area contributed by atoms with Crippen LogP contribution >= 0.6 is 11.8 Å². The Morgan fingerprint density at radius 3 is 2.53 bits per heavy atom. The summed E-state index contributed by atoms with van der Waals surface area (Å²) in [6.07, 6.45) is 4.72. The molecule has 0 radical (unpaired) electrons. The third kappa shape index (κ3) is 4.11. The summed E-state index contributed by atoms with van der Waals surface area (Å²) < 4.78 is 11.6. The van der Waals surface area contributed by atoms with E-state index in [1.165, 1.54) is 0 Å². The maximum atomic E-state index is 5.79. The molecule has 1 aromatic heterocycles. The van der Waals surface area contributed by atoms with Gasteiger partial charge < -0.3 is 9.47 Å². The second-order valence-corrected chi connectivity index (χ2v) is 6.04. The van der Waals surface area contributed by atoms with Crippen LogP contribution < -0.4 is 9.47 Å². The van der Waals surface area contributed by atoms with Gasteiger partial charge >= 0.3 is 0 Å². The van der Waals surface area contributed by atoms with E-state index in [0.717, 1.165) is 23.6 Å². The zero-order chi connectivity index (χ0) is 12.5. The summed E-state index contributed by atoms with van der Waals surface area (Å²) >= 11 is 1.60. The normalized spacial score (nSPS) is 15.8. The third-order valence-electron chi connectivity index (χ3n) is 2.20. The zero-order valence-electron chi connectivity index (χ0n) is 10.8. The lowest BCUT2D eigenvalue weighted by atomic mass is 10.2. The van der Waals surface area contributed by atoms with Crippen molar-refractivity contribution in [3.63, 3.8) is 0 Å². The first-order valence-electron chi connectivity index (χ1n) is 5.88. The molecule has 0 atom stereocenters. The van der Waals surface area contributed by atoms with E-state index in [1.807, 2.05) is 39.2 Å². The fourth-order valence-electron chi connectivity index (χ4n) is 1.38. The molecule has 0 amide bonds. The maximum absolute atomic E-state index is 5.79. The second-order valence-electron chi connectivity index (χ2n) is 5.22. The average Bonchev–Trinajstić information content (AvgIpc) is 2.98. The van der Waals surface area contributed by atoms with Crippen LogP contribution in [0.5, 0.6) is 11.6 Å². The first-order valence-corrected chi connectivity index (χ1v) is 7.10. The van der Waals surface area contributed by atoms with Crippen LogP contribution in [0.15, 0.2) is 17.2 Å². The predicted octanol–water partition coefficient (Wildman–Crippen LogP) is 3.52. The Bertz CT molecular complexity index is 397. The molecule has 94 valence electrons. The minimum absolute atomic E-state index is 0.235. The van der Waals surface area contributed by atoms with E-state index >= 15 is 0 Å². The summed E-state index contributed by atoms with van der Waals surface area (Å²) in [6, 6.07) is 3.85. The van der Waals surface area contributed by atoms with Gasteiger partial charge in [-0.05, 0) is 39.9 Å². The van der Waals surface area contributed by atoms with Crippen molar-refractivity contribution in [3.8, 4) is 11.6 Å². The number of hydrogen-bond donors (Lipinski definition) is 0. The monoisotopic (exact) mass is 253 g/mol. The van der Waals surface area contributed by atoms with E-state index in [9.17, 15) is 0 Å². The molecule has 0 spiro atoms. The fourth-order valence-corrected chi connectivity index (χ4v) is 1.79. The van der Waals surface area contributed by atoms with Gasteiger partial charge in [0, 0.05) is 12.1 Å². The predicted molar refractivity (Wildman–Crippen MR) is 70.0 cm³/mol. The average molecular weight is 253 g/mol. The van der Waals surface area contributed by atoms with E-state index in [4.69, 9.17) is 9.47 Å². The van der Waals surface area contributed by atoms with Gasteiger partial charge in [-0.3, -0.25) is 0 Å². The van der Waals surface area contributed by atoms with Crippen LogP contribution in [-0.2, 0) is 0 Å². The van der Waals surface area contributed by atoms with Crippen molar-refractivity contribution in [3.05, 3.63) is 12.1 Å². The Labute approximate surface area is 107 Å². The molecule has 3 nitrogen and oxygen atoms in total. The highest BCUT2D eigenvalue weighted by molar-refractivity contribution is 7.98. The van der Waals surface area contributed by atoms with E-state index in [-0.39, 0.29) is 5.60 Å². The number of ether oxygens (including phenoxy) is 2. The summed E-state index contributed by atoms with van der Waals surface area (Å²) in [5.41, 5.74) is -0.235. The van der Waals surface area contributed by atoms with Crippen molar-refractivity contribution in [2.45, 2.75) is 50.3 Å². The van der Waals surface area contributed by atoms with Gasteiger partial charge in [0.1, 0.15) is 16.4 Å². The highest BCUT2D eigenvalue weighted by Gasteiger charge is 2.24. The van der Waals surface area contributed by atoms with Gasteiger partial charge in [0.25, 0.3) is 0 Å². The summed E-state index contributed by atoms with van der Waals surface area (Å²) in [7, 11) is 0. The molecule has 0 unspecified atom stereocenters. The molecule has 0 bridgehead atoms. The molecule has 2 rings (SSSR count). The Hall–Kier alpha value is -0.900. The van der Waals surface area contributed by atoms with E-state index < -0.39 is 0 Å². The molecule has 0 aliphatic heterocycles. The molecule has 0 N–H and O–H groups in total. The lowest BCUT2D eigenvalue weighted by Gasteiger charge is -2.21. The first kappa shape index (κ1) is 12.6. The highest BCUT2D eigenvalue weighted by atomic mass is 32.2. The summed E-state index contributed by atoms with van der Waals surface area (Å²) in [5, 5.41) is 0.933. The van der Waals surface area contributed by atoms with E-state index in [0.29, 0.717) is 12.0 Å². The molecule has 1 aliphatic carbocycles. The minimum Gasteiger partial charge on any atom is -0.490 e. The molecule has 1 saturated carbocycles. The molecule has 1 heterocycles. The molecule has 1 aromatic rings. The largest absolute Gasteiger partial charge is 0.490 e. The quantitative estimate of drug-likeness (QED) is 0.768. The van der Waals surface area contributed by atoms with Gasteiger partial charge in [0.15, 0.2) is 0 Å². The number of aromatic nitrogens is 1. The number of nitrogens with zero attached hydrogens (tertiary/aromatic N) is 1. The van der Waals surface area contributed by atoms with Gasteiger partial charge in [-0.2, -0.15) is 0 Å². The smallest absolute Gasteiger partial charge is 0.218 e. The number of rotatable bonds is 4. The van der Waals surface area contributed by atoms with Crippen LogP contribution in [0, 0.1) is 0 Å². The molecule has 1 aliphatic rings. The van der Waals surface area contributed by atoms with Crippen molar-refractivity contribution in [1.29, 1.82) is 0 Å². The SMILES string of the molecule is CSc1cc(OC2CC2)cc(OC(C)(C)C)n1. The van der Waals surface area contributed by atoms with Crippen molar-refractivity contribution in [1.82, 2.24) is 4.98 Å². The van der Waals surface area contributed by atoms with Crippen LogP contribution in [-0.4, -0.2) is 22.9 Å². The molecule has 0 saturated heterocycles. The summed E-state index contributed by atoms with van der Waals surface area (Å²) in [4.78, 5) is 4.43. The zero-order valence-corrected chi connectivity index (χ0v) is 11.6. The second kappa shape index (κ2) is 4.77. The van der Waals surface area contributed by atoms with Crippen LogP contribution in [0.3, 0.4) is 0 Å². The van der Waals surface area contributed by atoms with E-state index in [1.54, 1.807) is 11.8 Å². The Morgan fingerprint density at radius 1 is 1.29 bits per heavy atom. The van der Waals surface area contributed by atoms with Crippen LogP contribution in [0.4, 0.5) is 0 Å². The lowest BCUT2D eigenvalue weighted by Crippen LogP contribution is -2.23. The van der Waals surface area contributed by atoms with Gasteiger partial charge in [-0.1, -0.05) is 0 Å².